The number of hydrogen-bond donors (Lipinski definition) is 2. The van der Waals surface area contributed by atoms with E-state index in [2.05, 4.69) is 5.32 Å². The van der Waals surface area contributed by atoms with E-state index in [0.717, 1.165) is 6.42 Å². The largest absolute Gasteiger partial charge is 0.480 e. The average molecular weight is 265 g/mol. The van der Waals surface area contributed by atoms with Gasteiger partial charge in [-0.15, -0.1) is 0 Å². The van der Waals surface area contributed by atoms with Crippen LogP contribution in [-0.4, -0.2) is 23.0 Å². The minimum Gasteiger partial charge on any atom is -0.480 e. The molecule has 102 valence electrons. The summed E-state index contributed by atoms with van der Waals surface area (Å²) < 4.78 is 13.9. The van der Waals surface area contributed by atoms with Gasteiger partial charge in [0.2, 0.25) is 5.91 Å². The van der Waals surface area contributed by atoms with E-state index in [1.165, 1.54) is 13.0 Å². The molecule has 0 aliphatic heterocycles. The molecule has 1 saturated carbocycles. The lowest BCUT2D eigenvalue weighted by atomic mass is 9.63. The Morgan fingerprint density at radius 2 is 2.00 bits per heavy atom. The first kappa shape index (κ1) is 13.5. The van der Waals surface area contributed by atoms with Gasteiger partial charge in [0.05, 0.1) is 5.41 Å². The van der Waals surface area contributed by atoms with Crippen molar-refractivity contribution in [3.05, 3.63) is 35.6 Å². The van der Waals surface area contributed by atoms with Gasteiger partial charge in [-0.25, -0.2) is 4.39 Å². The monoisotopic (exact) mass is 265 g/mol. The van der Waals surface area contributed by atoms with E-state index < -0.39 is 29.2 Å². The van der Waals surface area contributed by atoms with Crippen molar-refractivity contribution in [3.63, 3.8) is 0 Å². The first-order chi connectivity index (χ1) is 8.97. The van der Waals surface area contributed by atoms with Crippen molar-refractivity contribution in [1.29, 1.82) is 0 Å². The maximum Gasteiger partial charge on any atom is 0.325 e. The van der Waals surface area contributed by atoms with Gasteiger partial charge in [-0.2, -0.15) is 0 Å². The number of nitrogens with one attached hydrogen (secondary N) is 1. The minimum atomic E-state index is -1.10. The molecule has 1 unspecified atom stereocenters. The first-order valence-electron chi connectivity index (χ1n) is 6.26. The standard InChI is InChI=1S/C14H16FNO3/c1-9(12(17)18)16-13(19)14(7-4-8-14)10-5-2-3-6-11(10)15/h2-3,5-6,9H,4,7-8H2,1H3,(H,16,19)(H,17,18). The number of carbonyl (C=O) groups is 2. The molecular weight excluding hydrogens is 249 g/mol. The Bertz CT molecular complexity index is 511. The van der Waals surface area contributed by atoms with E-state index in [4.69, 9.17) is 5.11 Å². The second-order valence-electron chi connectivity index (χ2n) is 4.95. The third-order valence-corrected chi connectivity index (χ3v) is 3.75. The summed E-state index contributed by atoms with van der Waals surface area (Å²) in [6.07, 6.45) is 1.93. The molecule has 0 radical (unpaired) electrons. The maximum atomic E-state index is 13.9. The predicted molar refractivity (Wildman–Crippen MR) is 67.2 cm³/mol. The summed E-state index contributed by atoms with van der Waals surface area (Å²) in [6, 6.07) is 5.20. The van der Waals surface area contributed by atoms with Crippen LogP contribution in [0.5, 0.6) is 0 Å². The number of hydrogen-bond acceptors (Lipinski definition) is 2. The molecule has 0 heterocycles. The molecule has 1 aromatic rings. The lowest BCUT2D eigenvalue weighted by Gasteiger charge is -2.41. The summed E-state index contributed by atoms with van der Waals surface area (Å²) >= 11 is 0. The average Bonchev–Trinajstić information content (AvgIpc) is 2.30. The molecule has 5 heteroatoms. The van der Waals surface area contributed by atoms with Gasteiger partial charge in [-0.1, -0.05) is 24.6 Å². The van der Waals surface area contributed by atoms with Crippen molar-refractivity contribution in [1.82, 2.24) is 5.32 Å². The zero-order valence-electron chi connectivity index (χ0n) is 10.6. The predicted octanol–water partition coefficient (Wildman–Crippen LogP) is 1.84. The fourth-order valence-corrected chi connectivity index (χ4v) is 2.39. The van der Waals surface area contributed by atoms with Crippen molar-refractivity contribution in [2.45, 2.75) is 37.6 Å². The molecule has 0 saturated heterocycles. The van der Waals surface area contributed by atoms with Crippen LogP contribution in [-0.2, 0) is 15.0 Å². The number of benzene rings is 1. The summed E-state index contributed by atoms with van der Waals surface area (Å²) in [7, 11) is 0. The molecule has 0 spiro atoms. The highest BCUT2D eigenvalue weighted by atomic mass is 19.1. The van der Waals surface area contributed by atoms with Crippen LogP contribution in [0.4, 0.5) is 4.39 Å². The van der Waals surface area contributed by atoms with Gasteiger partial charge < -0.3 is 10.4 Å². The fraction of sp³-hybridized carbons (Fsp3) is 0.429. The summed E-state index contributed by atoms with van der Waals surface area (Å²) in [6.45, 7) is 1.40. The molecule has 1 aliphatic carbocycles. The zero-order valence-corrected chi connectivity index (χ0v) is 10.6. The van der Waals surface area contributed by atoms with Crippen molar-refractivity contribution in [2.75, 3.05) is 0 Å². The third kappa shape index (κ3) is 2.32. The fourth-order valence-electron chi connectivity index (χ4n) is 2.39. The molecule has 19 heavy (non-hydrogen) atoms. The molecule has 2 rings (SSSR count). The Morgan fingerprint density at radius 1 is 1.37 bits per heavy atom. The van der Waals surface area contributed by atoms with Crippen LogP contribution in [0.25, 0.3) is 0 Å². The Morgan fingerprint density at radius 3 is 2.47 bits per heavy atom. The second-order valence-corrected chi connectivity index (χ2v) is 4.95. The van der Waals surface area contributed by atoms with Crippen LogP contribution in [0.3, 0.4) is 0 Å². The van der Waals surface area contributed by atoms with Gasteiger partial charge in [0.25, 0.3) is 0 Å². The Kier molecular flexibility index (Phi) is 3.55. The van der Waals surface area contributed by atoms with E-state index >= 15 is 0 Å². The van der Waals surface area contributed by atoms with Crippen molar-refractivity contribution >= 4 is 11.9 Å². The van der Waals surface area contributed by atoms with Gasteiger partial charge in [-0.3, -0.25) is 9.59 Å². The molecule has 0 aromatic heterocycles. The normalized spacial score (nSPS) is 18.2. The highest BCUT2D eigenvalue weighted by molar-refractivity contribution is 5.92. The molecule has 1 atom stereocenters. The summed E-state index contributed by atoms with van der Waals surface area (Å²) in [4.78, 5) is 23.1. The summed E-state index contributed by atoms with van der Waals surface area (Å²) in [5.74, 6) is -1.92. The minimum absolute atomic E-state index is 0.358. The third-order valence-electron chi connectivity index (χ3n) is 3.75. The van der Waals surface area contributed by atoms with Gasteiger partial charge in [0.1, 0.15) is 11.9 Å². The van der Waals surface area contributed by atoms with E-state index in [1.54, 1.807) is 18.2 Å². The number of carbonyl (C=O) groups excluding carboxylic acids is 1. The van der Waals surface area contributed by atoms with Crippen molar-refractivity contribution < 1.29 is 19.1 Å². The van der Waals surface area contributed by atoms with Crippen LogP contribution >= 0.6 is 0 Å². The lowest BCUT2D eigenvalue weighted by molar-refractivity contribution is -0.143. The van der Waals surface area contributed by atoms with Crippen LogP contribution in [0.15, 0.2) is 24.3 Å². The van der Waals surface area contributed by atoms with E-state index in [0.29, 0.717) is 18.4 Å². The second kappa shape index (κ2) is 4.99. The van der Waals surface area contributed by atoms with E-state index in [9.17, 15) is 14.0 Å². The SMILES string of the molecule is CC(NC(=O)C1(c2ccccc2F)CCC1)C(=O)O. The smallest absolute Gasteiger partial charge is 0.325 e. The molecule has 1 aromatic carbocycles. The number of carboxylic acid groups (broad SMARTS) is 1. The number of aliphatic carboxylic acids is 1. The van der Waals surface area contributed by atoms with Crippen molar-refractivity contribution in [2.24, 2.45) is 0 Å². The van der Waals surface area contributed by atoms with Gasteiger partial charge in [0.15, 0.2) is 0 Å². The van der Waals surface area contributed by atoms with Crippen molar-refractivity contribution in [3.8, 4) is 0 Å². The van der Waals surface area contributed by atoms with E-state index in [-0.39, 0.29) is 0 Å². The molecule has 2 N–H and O–H groups in total. The molecule has 1 aliphatic rings. The number of amides is 1. The number of halogens is 1. The zero-order chi connectivity index (χ0) is 14.0. The molecule has 1 fully saturated rings. The van der Waals surface area contributed by atoms with Gasteiger partial charge in [-0.05, 0) is 25.8 Å². The van der Waals surface area contributed by atoms with Crippen LogP contribution < -0.4 is 5.32 Å². The Balaban J connectivity index is 2.26. The highest BCUT2D eigenvalue weighted by Crippen LogP contribution is 2.44. The van der Waals surface area contributed by atoms with Crippen LogP contribution in [0, 0.1) is 5.82 Å². The first-order valence-corrected chi connectivity index (χ1v) is 6.26. The quantitative estimate of drug-likeness (QED) is 0.873. The molecule has 0 bridgehead atoms. The molecular formula is C14H16FNO3. The highest BCUT2D eigenvalue weighted by Gasteiger charge is 2.47. The number of rotatable bonds is 4. The van der Waals surface area contributed by atoms with Gasteiger partial charge in [0, 0.05) is 5.56 Å². The summed E-state index contributed by atoms with van der Waals surface area (Å²) in [5.41, 5.74) is -0.550. The topological polar surface area (TPSA) is 66.4 Å². The molecule has 1 amide bonds. The number of carboxylic acids is 1. The van der Waals surface area contributed by atoms with E-state index in [1.807, 2.05) is 0 Å². The Labute approximate surface area is 110 Å². The lowest BCUT2D eigenvalue weighted by Crippen LogP contribution is -2.53. The summed E-state index contributed by atoms with van der Waals surface area (Å²) in [5, 5.41) is 11.3. The maximum absolute atomic E-state index is 13.9. The van der Waals surface area contributed by atoms with Crippen LogP contribution in [0.2, 0.25) is 0 Å². The Hall–Kier alpha value is -1.91. The van der Waals surface area contributed by atoms with Gasteiger partial charge >= 0.3 is 5.97 Å². The van der Waals surface area contributed by atoms with Crippen LogP contribution in [0.1, 0.15) is 31.7 Å². The molecule has 4 nitrogen and oxygen atoms in total.